The highest BCUT2D eigenvalue weighted by Gasteiger charge is 2.27. The average Bonchev–Trinajstić information content (AvgIpc) is 3.02. The summed E-state index contributed by atoms with van der Waals surface area (Å²) in [5, 5.41) is 21.9. The molecular weight excluding hydrogens is 308 g/mol. The third kappa shape index (κ3) is 2.39. The van der Waals surface area contributed by atoms with Crippen molar-refractivity contribution in [3.05, 3.63) is 28.3 Å². The van der Waals surface area contributed by atoms with Crippen LogP contribution in [0.4, 0.5) is 5.82 Å². The van der Waals surface area contributed by atoms with E-state index in [1.54, 1.807) is 31.6 Å². The maximum absolute atomic E-state index is 12.8. The molecule has 1 atom stereocenters. The second-order valence-corrected chi connectivity index (χ2v) is 6.74. The highest BCUT2D eigenvalue weighted by Crippen LogP contribution is 2.29. The Kier molecular flexibility index (Phi) is 3.52. The first-order chi connectivity index (χ1) is 11.1. The molecule has 0 amide bonds. The fourth-order valence-corrected chi connectivity index (χ4v) is 2.67. The van der Waals surface area contributed by atoms with Crippen molar-refractivity contribution in [2.75, 3.05) is 5.73 Å². The van der Waals surface area contributed by atoms with Gasteiger partial charge in [-0.2, -0.15) is 10.2 Å². The van der Waals surface area contributed by atoms with Crippen LogP contribution in [0.5, 0.6) is 0 Å². The van der Waals surface area contributed by atoms with Gasteiger partial charge < -0.3 is 15.4 Å². The van der Waals surface area contributed by atoms with Crippen LogP contribution in [0.2, 0.25) is 0 Å². The van der Waals surface area contributed by atoms with E-state index in [4.69, 9.17) is 5.73 Å². The van der Waals surface area contributed by atoms with E-state index in [0.717, 1.165) is 5.69 Å². The summed E-state index contributed by atoms with van der Waals surface area (Å²) in [6.45, 7) is 7.07. The van der Waals surface area contributed by atoms with Crippen LogP contribution in [0.3, 0.4) is 0 Å². The van der Waals surface area contributed by atoms with Crippen molar-refractivity contribution in [3.63, 3.8) is 0 Å². The fourth-order valence-electron chi connectivity index (χ4n) is 2.67. The van der Waals surface area contributed by atoms with Crippen LogP contribution in [0.15, 0.2) is 17.1 Å². The predicted octanol–water partition coefficient (Wildman–Crippen LogP) is 1.35. The molecule has 0 aliphatic heterocycles. The summed E-state index contributed by atoms with van der Waals surface area (Å²) in [6, 6.07) is 1.47. The Morgan fingerprint density at radius 1 is 1.42 bits per heavy atom. The van der Waals surface area contributed by atoms with E-state index in [-0.39, 0.29) is 11.4 Å². The molecule has 3 heterocycles. The third-order valence-electron chi connectivity index (χ3n) is 4.61. The van der Waals surface area contributed by atoms with Crippen molar-refractivity contribution in [1.82, 2.24) is 24.5 Å². The van der Waals surface area contributed by atoms with Gasteiger partial charge in [0.25, 0.3) is 5.56 Å². The Balaban J connectivity index is 2.37. The van der Waals surface area contributed by atoms with Crippen molar-refractivity contribution in [2.24, 2.45) is 7.05 Å². The number of rotatable bonds is 3. The van der Waals surface area contributed by atoms with Crippen LogP contribution in [0.1, 0.15) is 32.5 Å². The zero-order valence-corrected chi connectivity index (χ0v) is 14.5. The highest BCUT2D eigenvalue weighted by molar-refractivity contribution is 5.97. The number of nitrogens with zero attached hydrogens (tertiary/aromatic N) is 4. The molecule has 3 rings (SSSR count). The van der Waals surface area contributed by atoms with Crippen LogP contribution < -0.4 is 11.3 Å². The number of aromatic amines is 1. The number of nitrogen functional groups attached to an aromatic ring is 1. The van der Waals surface area contributed by atoms with Gasteiger partial charge in [0.05, 0.1) is 22.9 Å². The first-order valence-corrected chi connectivity index (χ1v) is 7.73. The first-order valence-electron chi connectivity index (χ1n) is 7.73. The number of hydrogen-bond donors (Lipinski definition) is 3. The summed E-state index contributed by atoms with van der Waals surface area (Å²) in [7, 11) is 1.85. The van der Waals surface area contributed by atoms with Gasteiger partial charge in [0, 0.05) is 24.5 Å². The number of nitrogens with two attached hydrogens (primary N) is 1. The molecule has 0 bridgehead atoms. The zero-order valence-electron chi connectivity index (χ0n) is 14.5. The van der Waals surface area contributed by atoms with Gasteiger partial charge in [-0.05, 0) is 33.8 Å². The van der Waals surface area contributed by atoms with Crippen molar-refractivity contribution >= 4 is 16.7 Å². The Labute approximate surface area is 138 Å². The number of aliphatic hydroxyl groups is 1. The molecule has 3 aromatic rings. The molecule has 8 heteroatoms. The largest absolute Gasteiger partial charge is 0.388 e. The Hall–Kier alpha value is -2.61. The van der Waals surface area contributed by atoms with E-state index < -0.39 is 11.6 Å². The fraction of sp³-hybridized carbons (Fsp3) is 0.438. The molecule has 0 aliphatic rings. The lowest BCUT2D eigenvalue weighted by Crippen LogP contribution is -2.37. The molecular formula is C16H22N6O2. The maximum Gasteiger partial charge on any atom is 0.264 e. The molecule has 0 radical (unpaired) electrons. The van der Waals surface area contributed by atoms with E-state index in [1.165, 1.54) is 4.57 Å². The van der Waals surface area contributed by atoms with Crippen molar-refractivity contribution in [2.45, 2.75) is 39.3 Å². The average molecular weight is 330 g/mol. The van der Waals surface area contributed by atoms with Crippen LogP contribution in [0.25, 0.3) is 22.2 Å². The van der Waals surface area contributed by atoms with Crippen LogP contribution >= 0.6 is 0 Å². The number of H-pyrrole nitrogens is 1. The monoisotopic (exact) mass is 330 g/mol. The number of anilines is 1. The molecule has 0 fully saturated rings. The van der Waals surface area contributed by atoms with E-state index >= 15 is 0 Å². The lowest BCUT2D eigenvalue weighted by molar-refractivity contribution is 0.0294. The lowest BCUT2D eigenvalue weighted by Gasteiger charge is -2.28. The van der Waals surface area contributed by atoms with E-state index in [2.05, 4.69) is 15.3 Å². The number of hydrogen-bond acceptors (Lipinski definition) is 5. The molecule has 24 heavy (non-hydrogen) atoms. The summed E-state index contributed by atoms with van der Waals surface area (Å²) in [5.74, 6) is 0.140. The summed E-state index contributed by atoms with van der Waals surface area (Å²) >= 11 is 0. The van der Waals surface area contributed by atoms with Crippen LogP contribution in [-0.4, -0.2) is 35.3 Å². The molecule has 8 nitrogen and oxygen atoms in total. The SMILES string of the molecule is Cc1cc(-c2cn(C(C)C(C)(C)O)c(=O)c3c(N)n[nH]c23)nn1C. The minimum Gasteiger partial charge on any atom is -0.388 e. The Bertz CT molecular complexity index is 954. The van der Waals surface area contributed by atoms with Gasteiger partial charge in [-0.15, -0.1) is 0 Å². The number of fused-ring (bicyclic) bond motifs is 1. The number of aromatic nitrogens is 5. The molecule has 4 N–H and O–H groups in total. The molecule has 128 valence electrons. The molecule has 0 saturated heterocycles. The standard InChI is InChI=1S/C16H22N6O2/c1-8-6-11(20-21(8)5)10-7-22(9(2)16(3,4)24)15(23)12-13(10)18-19-14(12)17/h6-7,9,24H,1-5H3,(H3,17,18,19). The smallest absolute Gasteiger partial charge is 0.264 e. The number of nitrogens with one attached hydrogen (secondary N) is 1. The molecule has 0 saturated carbocycles. The number of aryl methyl sites for hydroxylation is 2. The van der Waals surface area contributed by atoms with Gasteiger partial charge in [-0.3, -0.25) is 14.6 Å². The summed E-state index contributed by atoms with van der Waals surface area (Å²) in [4.78, 5) is 12.8. The summed E-state index contributed by atoms with van der Waals surface area (Å²) in [5.41, 5.74) is 7.49. The second kappa shape index (κ2) is 5.20. The van der Waals surface area contributed by atoms with Gasteiger partial charge in [0.1, 0.15) is 5.39 Å². The molecule has 0 aromatic carbocycles. The van der Waals surface area contributed by atoms with E-state index in [9.17, 15) is 9.90 Å². The van der Waals surface area contributed by atoms with Crippen molar-refractivity contribution in [3.8, 4) is 11.3 Å². The maximum atomic E-state index is 12.8. The van der Waals surface area contributed by atoms with Gasteiger partial charge in [-0.1, -0.05) is 0 Å². The summed E-state index contributed by atoms with van der Waals surface area (Å²) in [6.07, 6.45) is 1.70. The highest BCUT2D eigenvalue weighted by atomic mass is 16.3. The van der Waals surface area contributed by atoms with Gasteiger partial charge in [-0.25, -0.2) is 0 Å². The van der Waals surface area contributed by atoms with Gasteiger partial charge >= 0.3 is 0 Å². The minimum absolute atomic E-state index is 0.140. The second-order valence-electron chi connectivity index (χ2n) is 6.74. The Morgan fingerprint density at radius 2 is 2.08 bits per heavy atom. The first kappa shape index (κ1) is 16.3. The van der Waals surface area contributed by atoms with Gasteiger partial charge in [0.2, 0.25) is 0 Å². The normalized spacial score (nSPS) is 13.6. The lowest BCUT2D eigenvalue weighted by atomic mass is 9.99. The minimum atomic E-state index is -1.08. The van der Waals surface area contributed by atoms with E-state index in [1.807, 2.05) is 20.0 Å². The van der Waals surface area contributed by atoms with Crippen LogP contribution in [0, 0.1) is 6.92 Å². The predicted molar refractivity (Wildman–Crippen MR) is 92.7 cm³/mol. The third-order valence-corrected chi connectivity index (χ3v) is 4.61. The molecule has 0 spiro atoms. The zero-order chi connectivity index (χ0) is 17.8. The van der Waals surface area contributed by atoms with Crippen LogP contribution in [-0.2, 0) is 7.05 Å². The molecule has 3 aromatic heterocycles. The summed E-state index contributed by atoms with van der Waals surface area (Å²) < 4.78 is 3.25. The molecule has 1 unspecified atom stereocenters. The molecule has 0 aliphatic carbocycles. The van der Waals surface area contributed by atoms with E-state index in [0.29, 0.717) is 22.2 Å². The van der Waals surface area contributed by atoms with Crippen molar-refractivity contribution < 1.29 is 5.11 Å². The van der Waals surface area contributed by atoms with Gasteiger partial charge in [0.15, 0.2) is 5.82 Å². The quantitative estimate of drug-likeness (QED) is 0.670. The van der Waals surface area contributed by atoms with Crippen molar-refractivity contribution in [1.29, 1.82) is 0 Å². The number of pyridine rings is 1. The topological polar surface area (TPSA) is 115 Å². The Morgan fingerprint density at radius 3 is 2.62 bits per heavy atom.